The molecule has 1 rings (SSSR count). The lowest BCUT2D eigenvalue weighted by Gasteiger charge is -2.12. The Morgan fingerprint density at radius 2 is 1.47 bits per heavy atom. The minimum absolute atomic E-state index is 0.585. The SMILES string of the molecule is CC#Cc1cc(OC)c(OC)c(OC)c1. The molecular formula is C12H14O3. The molecule has 0 N–H and O–H groups in total. The molecule has 0 heterocycles. The fourth-order valence-electron chi connectivity index (χ4n) is 1.30. The van der Waals surface area contributed by atoms with Gasteiger partial charge < -0.3 is 14.2 Å². The van der Waals surface area contributed by atoms with Gasteiger partial charge in [-0.1, -0.05) is 5.92 Å². The first-order chi connectivity index (χ1) is 7.26. The van der Waals surface area contributed by atoms with Gasteiger partial charge in [0.2, 0.25) is 5.75 Å². The summed E-state index contributed by atoms with van der Waals surface area (Å²) in [5.74, 6) is 7.59. The Morgan fingerprint density at radius 1 is 0.933 bits per heavy atom. The maximum absolute atomic E-state index is 5.19. The monoisotopic (exact) mass is 206 g/mol. The van der Waals surface area contributed by atoms with Gasteiger partial charge in [0.15, 0.2) is 11.5 Å². The number of ether oxygens (including phenoxy) is 3. The average molecular weight is 206 g/mol. The summed E-state index contributed by atoms with van der Waals surface area (Å²) >= 11 is 0. The van der Waals surface area contributed by atoms with Crippen molar-refractivity contribution in [3.63, 3.8) is 0 Å². The van der Waals surface area contributed by atoms with E-state index in [0.717, 1.165) is 5.56 Å². The van der Waals surface area contributed by atoms with E-state index in [0.29, 0.717) is 17.2 Å². The van der Waals surface area contributed by atoms with Gasteiger partial charge in [-0.3, -0.25) is 0 Å². The summed E-state index contributed by atoms with van der Waals surface area (Å²) in [6.45, 7) is 1.78. The fourth-order valence-corrected chi connectivity index (χ4v) is 1.30. The quantitative estimate of drug-likeness (QED) is 0.709. The molecule has 0 bridgehead atoms. The lowest BCUT2D eigenvalue weighted by Crippen LogP contribution is -1.95. The second-order valence-electron chi connectivity index (χ2n) is 2.79. The molecule has 0 unspecified atom stereocenters. The highest BCUT2D eigenvalue weighted by atomic mass is 16.5. The maximum Gasteiger partial charge on any atom is 0.203 e. The molecule has 15 heavy (non-hydrogen) atoms. The second-order valence-corrected chi connectivity index (χ2v) is 2.79. The summed E-state index contributed by atoms with van der Waals surface area (Å²) in [5.41, 5.74) is 0.840. The van der Waals surface area contributed by atoms with Crippen LogP contribution in [0.1, 0.15) is 12.5 Å². The Morgan fingerprint density at radius 3 is 1.80 bits per heavy atom. The molecule has 0 aliphatic heterocycles. The van der Waals surface area contributed by atoms with E-state index >= 15 is 0 Å². The topological polar surface area (TPSA) is 27.7 Å². The van der Waals surface area contributed by atoms with Crippen LogP contribution in [0.2, 0.25) is 0 Å². The van der Waals surface area contributed by atoms with Gasteiger partial charge in [-0.05, 0) is 19.1 Å². The van der Waals surface area contributed by atoms with Crippen molar-refractivity contribution in [1.82, 2.24) is 0 Å². The standard InChI is InChI=1S/C12H14O3/c1-5-6-9-7-10(13-2)12(15-4)11(8-9)14-3/h7-8H,1-4H3. The molecule has 0 aliphatic carbocycles. The van der Waals surface area contributed by atoms with Gasteiger partial charge in [-0.15, -0.1) is 5.92 Å². The summed E-state index contributed by atoms with van der Waals surface area (Å²) in [5, 5.41) is 0. The Bertz CT molecular complexity index is 374. The third-order valence-corrected chi connectivity index (χ3v) is 1.93. The molecule has 0 saturated heterocycles. The van der Waals surface area contributed by atoms with Crippen molar-refractivity contribution in [3.8, 4) is 29.1 Å². The first kappa shape index (κ1) is 11.3. The van der Waals surface area contributed by atoms with Crippen molar-refractivity contribution in [2.75, 3.05) is 21.3 Å². The summed E-state index contributed by atoms with van der Waals surface area (Å²) in [6, 6.07) is 3.63. The average Bonchev–Trinajstić information content (AvgIpc) is 2.28. The van der Waals surface area contributed by atoms with Gasteiger partial charge in [0.25, 0.3) is 0 Å². The molecule has 3 heteroatoms. The molecule has 1 aromatic carbocycles. The second kappa shape index (κ2) is 5.16. The number of benzene rings is 1. The van der Waals surface area contributed by atoms with Crippen LogP contribution >= 0.6 is 0 Å². The molecule has 0 atom stereocenters. The van der Waals surface area contributed by atoms with Crippen molar-refractivity contribution in [3.05, 3.63) is 17.7 Å². The van der Waals surface area contributed by atoms with E-state index in [4.69, 9.17) is 14.2 Å². The molecule has 0 aliphatic rings. The van der Waals surface area contributed by atoms with Crippen LogP contribution in [0.3, 0.4) is 0 Å². The minimum atomic E-state index is 0.585. The predicted molar refractivity (Wildman–Crippen MR) is 58.7 cm³/mol. The van der Waals surface area contributed by atoms with E-state index in [2.05, 4.69) is 11.8 Å². The zero-order valence-corrected chi connectivity index (χ0v) is 9.38. The zero-order valence-electron chi connectivity index (χ0n) is 9.38. The van der Waals surface area contributed by atoms with Crippen LogP contribution in [-0.2, 0) is 0 Å². The maximum atomic E-state index is 5.19. The van der Waals surface area contributed by atoms with Crippen molar-refractivity contribution >= 4 is 0 Å². The molecule has 0 amide bonds. The van der Waals surface area contributed by atoms with Crippen LogP contribution in [0.4, 0.5) is 0 Å². The predicted octanol–water partition coefficient (Wildman–Crippen LogP) is 2.08. The number of hydrogen-bond donors (Lipinski definition) is 0. The van der Waals surface area contributed by atoms with Crippen molar-refractivity contribution in [2.24, 2.45) is 0 Å². The number of methoxy groups -OCH3 is 3. The molecule has 3 nitrogen and oxygen atoms in total. The van der Waals surface area contributed by atoms with Crippen LogP contribution in [0.5, 0.6) is 17.2 Å². The molecule has 0 spiro atoms. The molecule has 0 saturated carbocycles. The van der Waals surface area contributed by atoms with Crippen LogP contribution < -0.4 is 14.2 Å². The summed E-state index contributed by atoms with van der Waals surface area (Å²) in [7, 11) is 4.74. The van der Waals surface area contributed by atoms with Crippen molar-refractivity contribution < 1.29 is 14.2 Å². The van der Waals surface area contributed by atoms with E-state index in [-0.39, 0.29) is 0 Å². The van der Waals surface area contributed by atoms with Gasteiger partial charge >= 0.3 is 0 Å². The summed E-state index contributed by atoms with van der Waals surface area (Å²) in [6.07, 6.45) is 0. The van der Waals surface area contributed by atoms with Crippen molar-refractivity contribution in [1.29, 1.82) is 0 Å². The number of hydrogen-bond acceptors (Lipinski definition) is 3. The van der Waals surface area contributed by atoms with Crippen LogP contribution in [0.15, 0.2) is 12.1 Å². The van der Waals surface area contributed by atoms with E-state index in [1.807, 2.05) is 12.1 Å². The van der Waals surface area contributed by atoms with E-state index < -0.39 is 0 Å². The molecule has 0 radical (unpaired) electrons. The normalized spacial score (nSPS) is 8.80. The van der Waals surface area contributed by atoms with Gasteiger partial charge in [0.1, 0.15) is 0 Å². The molecule has 0 aromatic heterocycles. The number of rotatable bonds is 3. The minimum Gasteiger partial charge on any atom is -0.493 e. The largest absolute Gasteiger partial charge is 0.493 e. The van der Waals surface area contributed by atoms with Crippen molar-refractivity contribution in [2.45, 2.75) is 6.92 Å². The molecular weight excluding hydrogens is 192 g/mol. The third kappa shape index (κ3) is 2.35. The van der Waals surface area contributed by atoms with E-state index in [9.17, 15) is 0 Å². The Kier molecular flexibility index (Phi) is 3.87. The highest BCUT2D eigenvalue weighted by Crippen LogP contribution is 2.37. The highest BCUT2D eigenvalue weighted by molar-refractivity contribution is 5.57. The van der Waals surface area contributed by atoms with Crippen LogP contribution in [-0.4, -0.2) is 21.3 Å². The van der Waals surface area contributed by atoms with Gasteiger partial charge in [-0.25, -0.2) is 0 Å². The van der Waals surface area contributed by atoms with Gasteiger partial charge in [-0.2, -0.15) is 0 Å². The van der Waals surface area contributed by atoms with E-state index in [1.165, 1.54) is 0 Å². The lowest BCUT2D eigenvalue weighted by atomic mass is 10.2. The van der Waals surface area contributed by atoms with Gasteiger partial charge in [0.05, 0.1) is 21.3 Å². The Balaban J connectivity index is 3.33. The fraction of sp³-hybridized carbons (Fsp3) is 0.333. The first-order valence-corrected chi connectivity index (χ1v) is 4.49. The third-order valence-electron chi connectivity index (χ3n) is 1.93. The Labute approximate surface area is 90.0 Å². The lowest BCUT2D eigenvalue weighted by molar-refractivity contribution is 0.324. The van der Waals surface area contributed by atoms with Crippen LogP contribution in [0.25, 0.3) is 0 Å². The molecule has 1 aromatic rings. The zero-order chi connectivity index (χ0) is 11.3. The van der Waals surface area contributed by atoms with E-state index in [1.54, 1.807) is 28.3 Å². The molecule has 80 valence electrons. The van der Waals surface area contributed by atoms with Crippen LogP contribution in [0, 0.1) is 11.8 Å². The smallest absolute Gasteiger partial charge is 0.203 e. The molecule has 0 fully saturated rings. The first-order valence-electron chi connectivity index (χ1n) is 4.49. The Hall–Kier alpha value is -1.82. The van der Waals surface area contributed by atoms with Gasteiger partial charge in [0, 0.05) is 5.56 Å². The summed E-state index contributed by atoms with van der Waals surface area (Å²) < 4.78 is 15.6. The highest BCUT2D eigenvalue weighted by Gasteiger charge is 2.11. The summed E-state index contributed by atoms with van der Waals surface area (Å²) in [4.78, 5) is 0.